The third-order valence-electron chi connectivity index (χ3n) is 6.80. The Morgan fingerprint density at radius 2 is 1.77 bits per heavy atom. The normalized spacial score (nSPS) is 18.9. The molecule has 1 fully saturated rings. The topological polar surface area (TPSA) is 83.5 Å². The van der Waals surface area contributed by atoms with Gasteiger partial charge in [-0.2, -0.15) is 0 Å². The minimum absolute atomic E-state index is 0.0309. The van der Waals surface area contributed by atoms with Crippen LogP contribution in [0, 0.1) is 0 Å². The van der Waals surface area contributed by atoms with Crippen molar-refractivity contribution < 1.29 is 19.1 Å². The molecule has 40 heavy (non-hydrogen) atoms. The number of carbonyl (C=O) groups is 2. The number of nitrogens with one attached hydrogen (secondary N) is 1. The second-order valence-electron chi connectivity index (χ2n) is 9.90. The van der Waals surface area contributed by atoms with E-state index in [9.17, 15) is 9.59 Å². The first-order chi connectivity index (χ1) is 19.2. The maximum absolute atomic E-state index is 14.4. The van der Waals surface area contributed by atoms with Crippen molar-refractivity contribution in [3.8, 4) is 11.5 Å². The van der Waals surface area contributed by atoms with Crippen LogP contribution < -0.4 is 14.8 Å². The average molecular weight is 626 g/mol. The van der Waals surface area contributed by atoms with Gasteiger partial charge in [0.25, 0.3) is 0 Å². The first-order valence-electron chi connectivity index (χ1n) is 13.0. The Labute approximate surface area is 247 Å². The molecule has 208 valence electrons. The lowest BCUT2D eigenvalue weighted by Crippen LogP contribution is -2.55. The van der Waals surface area contributed by atoms with Crippen molar-refractivity contribution in [1.29, 1.82) is 0 Å². The average Bonchev–Trinajstić information content (AvgIpc) is 3.33. The Bertz CT molecular complexity index is 1430. The van der Waals surface area contributed by atoms with E-state index >= 15 is 0 Å². The first kappa shape index (κ1) is 28.0. The van der Waals surface area contributed by atoms with Gasteiger partial charge in [0, 0.05) is 28.7 Å². The van der Waals surface area contributed by atoms with Gasteiger partial charge in [-0.25, -0.2) is 4.79 Å². The van der Waals surface area contributed by atoms with E-state index in [1.807, 2.05) is 74.5 Å². The fourth-order valence-corrected chi connectivity index (χ4v) is 5.36. The number of amides is 3. The first-order valence-corrected chi connectivity index (χ1v) is 14.2. The molecule has 0 aromatic heterocycles. The molecule has 1 N–H and O–H groups in total. The van der Waals surface area contributed by atoms with Crippen molar-refractivity contribution in [3.05, 3.63) is 92.9 Å². The highest BCUT2D eigenvalue weighted by Gasteiger charge is 2.45. The molecule has 0 spiro atoms. The van der Waals surface area contributed by atoms with Crippen molar-refractivity contribution in [1.82, 2.24) is 15.1 Å². The Balaban J connectivity index is 1.71. The molecule has 2 atom stereocenters. The van der Waals surface area contributed by atoms with E-state index < -0.39 is 12.1 Å². The standard InChI is InChI=1S/C30H30BrClN4O4/c1-18(2)40-25-16-23(39-3)12-13-24(25)29-34-27(19-4-8-21(31)9-5-19)28(20-6-10-22(32)11-7-20)36(29)30(38)35-15-14-33-26(37)17-35/h4-13,16,18,27-28H,14-15,17H2,1-3H3,(H,33,37). The Hall–Kier alpha value is -3.56. The molecule has 2 aliphatic rings. The van der Waals surface area contributed by atoms with Crippen LogP contribution in [-0.4, -0.2) is 60.4 Å². The number of urea groups is 1. The molecule has 3 aromatic carbocycles. The molecule has 10 heteroatoms. The molecule has 2 unspecified atom stereocenters. The largest absolute Gasteiger partial charge is 0.497 e. The smallest absolute Gasteiger partial charge is 0.326 e. The van der Waals surface area contributed by atoms with Gasteiger partial charge in [0.15, 0.2) is 0 Å². The fourth-order valence-electron chi connectivity index (χ4n) is 4.97. The molecule has 1 saturated heterocycles. The van der Waals surface area contributed by atoms with Crippen LogP contribution in [0.25, 0.3) is 0 Å². The zero-order chi connectivity index (χ0) is 28.4. The van der Waals surface area contributed by atoms with Crippen LogP contribution in [0.5, 0.6) is 11.5 Å². The van der Waals surface area contributed by atoms with Gasteiger partial charge in [0.05, 0.1) is 24.8 Å². The van der Waals surface area contributed by atoms with E-state index in [-0.39, 0.29) is 24.6 Å². The summed E-state index contributed by atoms with van der Waals surface area (Å²) >= 11 is 9.77. The summed E-state index contributed by atoms with van der Waals surface area (Å²) in [6, 6.07) is 19.6. The molecule has 0 aliphatic carbocycles. The third kappa shape index (κ3) is 5.81. The number of halogens is 2. The van der Waals surface area contributed by atoms with Crippen LogP contribution in [0.15, 0.2) is 76.2 Å². The molecule has 0 radical (unpaired) electrons. The summed E-state index contributed by atoms with van der Waals surface area (Å²) < 4.78 is 12.6. The number of methoxy groups -OCH3 is 1. The van der Waals surface area contributed by atoms with E-state index in [0.29, 0.717) is 41.0 Å². The SMILES string of the molecule is COc1ccc(C2=NC(c3ccc(Br)cc3)C(c3ccc(Cl)cc3)N2C(=O)N2CCNC(=O)C2)c(OC(C)C)c1. The van der Waals surface area contributed by atoms with E-state index in [0.717, 1.165) is 15.6 Å². The minimum Gasteiger partial charge on any atom is -0.497 e. The molecule has 0 saturated carbocycles. The summed E-state index contributed by atoms with van der Waals surface area (Å²) in [5, 5.41) is 3.39. The third-order valence-corrected chi connectivity index (χ3v) is 7.58. The molecule has 2 aliphatic heterocycles. The highest BCUT2D eigenvalue weighted by atomic mass is 79.9. The molecular formula is C30H30BrClN4O4. The lowest BCUT2D eigenvalue weighted by Gasteiger charge is -2.36. The van der Waals surface area contributed by atoms with Crippen molar-refractivity contribution in [2.24, 2.45) is 4.99 Å². The van der Waals surface area contributed by atoms with Gasteiger partial charge in [0.2, 0.25) is 5.91 Å². The maximum Gasteiger partial charge on any atom is 0.326 e. The van der Waals surface area contributed by atoms with Gasteiger partial charge in [-0.15, -0.1) is 0 Å². The van der Waals surface area contributed by atoms with Crippen molar-refractivity contribution in [2.75, 3.05) is 26.7 Å². The number of hydrogen-bond acceptors (Lipinski definition) is 5. The number of carbonyl (C=O) groups excluding carboxylic acids is 2. The van der Waals surface area contributed by atoms with E-state index in [1.54, 1.807) is 23.0 Å². The van der Waals surface area contributed by atoms with Gasteiger partial charge in [-0.1, -0.05) is 51.8 Å². The number of amidine groups is 1. The van der Waals surface area contributed by atoms with Crippen LogP contribution in [0.3, 0.4) is 0 Å². The summed E-state index contributed by atoms with van der Waals surface area (Å²) in [5.74, 6) is 1.44. The lowest BCUT2D eigenvalue weighted by molar-refractivity contribution is -0.123. The quantitative estimate of drug-likeness (QED) is 0.365. The van der Waals surface area contributed by atoms with E-state index in [2.05, 4.69) is 21.2 Å². The van der Waals surface area contributed by atoms with E-state index in [1.165, 1.54) is 0 Å². The molecular weight excluding hydrogens is 596 g/mol. The highest BCUT2D eigenvalue weighted by Crippen LogP contribution is 2.45. The monoisotopic (exact) mass is 624 g/mol. The van der Waals surface area contributed by atoms with Gasteiger partial charge in [-0.05, 0) is 61.4 Å². The predicted octanol–water partition coefficient (Wildman–Crippen LogP) is 5.99. The predicted molar refractivity (Wildman–Crippen MR) is 158 cm³/mol. The summed E-state index contributed by atoms with van der Waals surface area (Å²) in [5.41, 5.74) is 2.46. The summed E-state index contributed by atoms with van der Waals surface area (Å²) in [4.78, 5) is 35.1. The molecule has 2 heterocycles. The van der Waals surface area contributed by atoms with Crippen LogP contribution in [0.4, 0.5) is 4.79 Å². The Morgan fingerprint density at radius 1 is 1.07 bits per heavy atom. The number of aliphatic imine (C=N–C) groups is 1. The van der Waals surface area contributed by atoms with Crippen LogP contribution in [0.2, 0.25) is 5.02 Å². The van der Waals surface area contributed by atoms with Crippen molar-refractivity contribution >= 4 is 45.3 Å². The molecule has 5 rings (SSSR count). The number of ether oxygens (including phenoxy) is 2. The summed E-state index contributed by atoms with van der Waals surface area (Å²) in [6.07, 6.45) is -0.128. The highest BCUT2D eigenvalue weighted by molar-refractivity contribution is 9.10. The summed E-state index contributed by atoms with van der Waals surface area (Å²) in [6.45, 7) is 4.63. The van der Waals surface area contributed by atoms with E-state index in [4.69, 9.17) is 26.1 Å². The number of rotatable bonds is 6. The van der Waals surface area contributed by atoms with Crippen molar-refractivity contribution in [3.63, 3.8) is 0 Å². The molecule has 8 nitrogen and oxygen atoms in total. The van der Waals surface area contributed by atoms with Crippen molar-refractivity contribution in [2.45, 2.75) is 32.0 Å². The van der Waals surface area contributed by atoms with Crippen LogP contribution >= 0.6 is 27.5 Å². The van der Waals surface area contributed by atoms with Crippen LogP contribution in [0.1, 0.15) is 42.6 Å². The number of nitrogens with zero attached hydrogens (tertiary/aromatic N) is 3. The fraction of sp³-hybridized carbons (Fsp3) is 0.300. The zero-order valence-electron chi connectivity index (χ0n) is 22.4. The Kier molecular flexibility index (Phi) is 8.32. The number of piperazine rings is 1. The van der Waals surface area contributed by atoms with Gasteiger partial charge >= 0.3 is 6.03 Å². The number of hydrogen-bond donors (Lipinski definition) is 1. The molecule has 0 bridgehead atoms. The van der Waals surface area contributed by atoms with Gasteiger partial charge in [0.1, 0.15) is 29.9 Å². The summed E-state index contributed by atoms with van der Waals surface area (Å²) in [7, 11) is 1.60. The maximum atomic E-state index is 14.4. The zero-order valence-corrected chi connectivity index (χ0v) is 24.8. The van der Waals surface area contributed by atoms with Crippen LogP contribution in [-0.2, 0) is 4.79 Å². The minimum atomic E-state index is -0.500. The second kappa shape index (κ2) is 11.9. The van der Waals surface area contributed by atoms with Gasteiger partial charge in [-0.3, -0.25) is 14.7 Å². The number of benzene rings is 3. The lowest BCUT2D eigenvalue weighted by atomic mass is 9.93. The molecule has 3 aromatic rings. The Morgan fingerprint density at radius 3 is 2.42 bits per heavy atom. The molecule has 3 amide bonds. The second-order valence-corrected chi connectivity index (χ2v) is 11.3. The van der Waals surface area contributed by atoms with Gasteiger partial charge < -0.3 is 19.7 Å².